The number of nitrogens with one attached hydrogen (secondary N) is 2. The SMILES string of the molecule is CC(C)Nc1nc2ccc(C(=O)N3CCCC3)cc2n2c(=O)[nH]nc12. The molecule has 0 unspecified atom stereocenters. The molecule has 0 spiro atoms. The Morgan fingerprint density at radius 2 is 2.04 bits per heavy atom. The molecule has 0 saturated carbocycles. The predicted molar refractivity (Wildman–Crippen MR) is 95.0 cm³/mol. The van der Waals surface area contributed by atoms with Gasteiger partial charge in [-0.05, 0) is 44.9 Å². The minimum Gasteiger partial charge on any atom is -0.365 e. The summed E-state index contributed by atoms with van der Waals surface area (Å²) in [5.74, 6) is 0.535. The second kappa shape index (κ2) is 5.87. The zero-order valence-electron chi connectivity index (χ0n) is 14.2. The summed E-state index contributed by atoms with van der Waals surface area (Å²) >= 11 is 0. The van der Waals surface area contributed by atoms with Gasteiger partial charge in [-0.3, -0.25) is 4.79 Å². The summed E-state index contributed by atoms with van der Waals surface area (Å²) in [5.41, 5.74) is 1.86. The van der Waals surface area contributed by atoms with E-state index in [2.05, 4.69) is 20.5 Å². The second-order valence-electron chi connectivity index (χ2n) is 6.65. The third-order valence-electron chi connectivity index (χ3n) is 4.40. The Balaban J connectivity index is 1.90. The number of anilines is 1. The van der Waals surface area contributed by atoms with Gasteiger partial charge in [-0.25, -0.2) is 19.3 Å². The Morgan fingerprint density at radius 1 is 1.28 bits per heavy atom. The van der Waals surface area contributed by atoms with E-state index in [9.17, 15) is 9.59 Å². The number of rotatable bonds is 3. The van der Waals surface area contributed by atoms with Crippen molar-refractivity contribution < 1.29 is 4.79 Å². The van der Waals surface area contributed by atoms with Crippen LogP contribution in [0.15, 0.2) is 23.0 Å². The van der Waals surface area contributed by atoms with E-state index in [1.54, 1.807) is 18.2 Å². The number of H-pyrrole nitrogens is 1. The smallest absolute Gasteiger partial charge is 0.348 e. The number of aromatic nitrogens is 4. The first-order valence-electron chi connectivity index (χ1n) is 8.51. The van der Waals surface area contributed by atoms with Gasteiger partial charge in [0.1, 0.15) is 0 Å². The molecule has 8 heteroatoms. The fraction of sp³-hybridized carbons (Fsp3) is 0.412. The van der Waals surface area contributed by atoms with Gasteiger partial charge in [0.15, 0.2) is 5.82 Å². The molecule has 0 bridgehead atoms. The van der Waals surface area contributed by atoms with Crippen molar-refractivity contribution in [2.75, 3.05) is 18.4 Å². The molecular weight excluding hydrogens is 320 g/mol. The number of carbonyl (C=O) groups excluding carboxylic acids is 1. The normalized spacial score (nSPS) is 14.8. The summed E-state index contributed by atoms with van der Waals surface area (Å²) in [6.45, 7) is 5.55. The molecule has 0 radical (unpaired) electrons. The summed E-state index contributed by atoms with van der Waals surface area (Å²) < 4.78 is 1.47. The Morgan fingerprint density at radius 3 is 2.76 bits per heavy atom. The highest BCUT2D eigenvalue weighted by molar-refractivity contribution is 5.98. The van der Waals surface area contributed by atoms with E-state index >= 15 is 0 Å². The molecule has 2 aromatic heterocycles. The number of amides is 1. The van der Waals surface area contributed by atoms with E-state index in [1.165, 1.54) is 4.40 Å². The van der Waals surface area contributed by atoms with Crippen molar-refractivity contribution in [2.45, 2.75) is 32.7 Å². The molecule has 1 aliphatic rings. The molecule has 1 aromatic carbocycles. The van der Waals surface area contributed by atoms with Crippen molar-refractivity contribution in [1.29, 1.82) is 0 Å². The Bertz CT molecular complexity index is 1010. The molecule has 0 atom stereocenters. The number of benzene rings is 1. The summed E-state index contributed by atoms with van der Waals surface area (Å²) in [7, 11) is 0. The average molecular weight is 340 g/mol. The highest BCUT2D eigenvalue weighted by Gasteiger charge is 2.21. The van der Waals surface area contributed by atoms with Crippen molar-refractivity contribution in [3.05, 3.63) is 34.2 Å². The minimum absolute atomic E-state index is 0.00604. The van der Waals surface area contributed by atoms with Gasteiger partial charge in [0.05, 0.1) is 11.0 Å². The Labute approximate surface area is 143 Å². The third kappa shape index (κ3) is 2.63. The minimum atomic E-state index is -0.347. The van der Waals surface area contributed by atoms with E-state index in [0.717, 1.165) is 25.9 Å². The van der Waals surface area contributed by atoms with Crippen LogP contribution in [-0.2, 0) is 0 Å². The topological polar surface area (TPSA) is 95.4 Å². The quantitative estimate of drug-likeness (QED) is 0.755. The fourth-order valence-electron chi connectivity index (χ4n) is 3.25. The first-order valence-corrected chi connectivity index (χ1v) is 8.51. The van der Waals surface area contributed by atoms with Crippen LogP contribution >= 0.6 is 0 Å². The van der Waals surface area contributed by atoms with Gasteiger partial charge in [0, 0.05) is 24.7 Å². The molecular formula is C17H20N6O2. The molecule has 8 nitrogen and oxygen atoms in total. The number of likely N-dealkylation sites (tertiary alicyclic amines) is 1. The van der Waals surface area contributed by atoms with E-state index in [0.29, 0.717) is 28.1 Å². The van der Waals surface area contributed by atoms with Crippen molar-refractivity contribution in [3.63, 3.8) is 0 Å². The van der Waals surface area contributed by atoms with E-state index in [4.69, 9.17) is 0 Å². The van der Waals surface area contributed by atoms with Crippen LogP contribution in [0.3, 0.4) is 0 Å². The third-order valence-corrected chi connectivity index (χ3v) is 4.40. The van der Waals surface area contributed by atoms with Gasteiger partial charge in [0.25, 0.3) is 5.91 Å². The zero-order valence-corrected chi connectivity index (χ0v) is 14.2. The fourth-order valence-corrected chi connectivity index (χ4v) is 3.25. The maximum Gasteiger partial charge on any atom is 0.348 e. The second-order valence-corrected chi connectivity index (χ2v) is 6.65. The summed E-state index contributed by atoms with van der Waals surface area (Å²) in [6, 6.07) is 5.43. The molecule has 3 aromatic rings. The van der Waals surface area contributed by atoms with E-state index < -0.39 is 0 Å². The van der Waals surface area contributed by atoms with Crippen LogP contribution in [-0.4, -0.2) is 49.5 Å². The molecule has 1 amide bonds. The molecule has 2 N–H and O–H groups in total. The van der Waals surface area contributed by atoms with Gasteiger partial charge in [-0.15, -0.1) is 5.10 Å². The summed E-state index contributed by atoms with van der Waals surface area (Å²) in [5, 5.41) is 9.75. The maximum atomic E-state index is 12.6. The summed E-state index contributed by atoms with van der Waals surface area (Å²) in [4.78, 5) is 31.3. The van der Waals surface area contributed by atoms with Crippen LogP contribution in [0.1, 0.15) is 37.0 Å². The van der Waals surface area contributed by atoms with Gasteiger partial charge in [-0.2, -0.15) is 0 Å². The lowest BCUT2D eigenvalue weighted by Gasteiger charge is -2.16. The highest BCUT2D eigenvalue weighted by Crippen LogP contribution is 2.22. The average Bonchev–Trinajstić information content (AvgIpc) is 3.24. The van der Waals surface area contributed by atoms with Gasteiger partial charge in [0.2, 0.25) is 5.65 Å². The largest absolute Gasteiger partial charge is 0.365 e. The Kier molecular flexibility index (Phi) is 3.67. The molecule has 25 heavy (non-hydrogen) atoms. The van der Waals surface area contributed by atoms with Crippen LogP contribution in [0.2, 0.25) is 0 Å². The van der Waals surface area contributed by atoms with E-state index in [-0.39, 0.29) is 17.6 Å². The maximum absolute atomic E-state index is 12.6. The van der Waals surface area contributed by atoms with Crippen LogP contribution in [0.5, 0.6) is 0 Å². The van der Waals surface area contributed by atoms with Crippen molar-refractivity contribution in [2.24, 2.45) is 0 Å². The first kappa shape index (κ1) is 15.6. The lowest BCUT2D eigenvalue weighted by atomic mass is 10.1. The van der Waals surface area contributed by atoms with Gasteiger partial charge >= 0.3 is 5.69 Å². The molecule has 1 fully saturated rings. The number of aromatic amines is 1. The summed E-state index contributed by atoms with van der Waals surface area (Å²) in [6.07, 6.45) is 2.08. The van der Waals surface area contributed by atoms with Crippen LogP contribution < -0.4 is 11.0 Å². The van der Waals surface area contributed by atoms with Crippen LogP contribution in [0.25, 0.3) is 16.7 Å². The predicted octanol–water partition coefficient (Wildman–Crippen LogP) is 1.63. The molecule has 4 rings (SSSR count). The Hall–Kier alpha value is -2.90. The van der Waals surface area contributed by atoms with Gasteiger partial charge in [-0.1, -0.05) is 0 Å². The number of carbonyl (C=O) groups is 1. The molecule has 3 heterocycles. The van der Waals surface area contributed by atoms with E-state index in [1.807, 2.05) is 18.7 Å². The molecule has 1 aliphatic heterocycles. The lowest BCUT2D eigenvalue weighted by Crippen LogP contribution is -2.27. The highest BCUT2D eigenvalue weighted by atomic mass is 16.2. The number of fused-ring (bicyclic) bond motifs is 3. The molecule has 0 aliphatic carbocycles. The van der Waals surface area contributed by atoms with Crippen molar-refractivity contribution in [3.8, 4) is 0 Å². The van der Waals surface area contributed by atoms with Crippen LogP contribution in [0, 0.1) is 0 Å². The van der Waals surface area contributed by atoms with Crippen molar-refractivity contribution >= 4 is 28.4 Å². The first-order chi connectivity index (χ1) is 12.0. The number of hydrogen-bond acceptors (Lipinski definition) is 5. The zero-order chi connectivity index (χ0) is 17.6. The monoisotopic (exact) mass is 340 g/mol. The van der Waals surface area contributed by atoms with Crippen LogP contribution in [0.4, 0.5) is 5.82 Å². The van der Waals surface area contributed by atoms with Gasteiger partial charge < -0.3 is 10.2 Å². The number of hydrogen-bond donors (Lipinski definition) is 2. The van der Waals surface area contributed by atoms with Crippen molar-refractivity contribution in [1.82, 2.24) is 24.5 Å². The number of nitrogens with zero attached hydrogens (tertiary/aromatic N) is 4. The molecule has 1 saturated heterocycles. The lowest BCUT2D eigenvalue weighted by molar-refractivity contribution is 0.0793. The standard InChI is InChI=1S/C17H20N6O2/c1-10(2)18-14-15-20-21-17(25)23(15)13-9-11(5-6-12(13)19-14)16(24)22-7-3-4-8-22/h5-6,9-10H,3-4,7-8H2,1-2H3,(H,18,19)(H,21,25). The molecule has 130 valence electrons.